The van der Waals surface area contributed by atoms with E-state index in [2.05, 4.69) is 5.32 Å². The minimum absolute atomic E-state index is 0.00314. The number of nitrogens with one attached hydrogen (secondary N) is 1. The van der Waals surface area contributed by atoms with E-state index in [0.717, 1.165) is 4.90 Å². The van der Waals surface area contributed by atoms with Crippen LogP contribution in [-0.2, 0) is 4.79 Å². The van der Waals surface area contributed by atoms with Gasteiger partial charge in [0, 0.05) is 18.5 Å². The highest BCUT2D eigenvalue weighted by molar-refractivity contribution is 5.83. The Morgan fingerprint density at radius 3 is 2.71 bits per heavy atom. The normalized spacial score (nSPS) is 22.9. The van der Waals surface area contributed by atoms with Crippen LogP contribution in [0.3, 0.4) is 0 Å². The number of carboxylic acid groups (broad SMARTS) is 1. The van der Waals surface area contributed by atoms with Crippen LogP contribution in [0.15, 0.2) is 24.3 Å². The van der Waals surface area contributed by atoms with E-state index in [0.29, 0.717) is 5.56 Å². The summed E-state index contributed by atoms with van der Waals surface area (Å²) in [6.07, 6.45) is -0.864. The molecule has 1 aliphatic rings. The summed E-state index contributed by atoms with van der Waals surface area (Å²) in [6, 6.07) is 3.74. The lowest BCUT2D eigenvalue weighted by Crippen LogP contribution is -2.46. The van der Waals surface area contributed by atoms with E-state index in [4.69, 9.17) is 5.11 Å². The van der Waals surface area contributed by atoms with Gasteiger partial charge in [0.25, 0.3) is 0 Å². The van der Waals surface area contributed by atoms with Crippen LogP contribution in [-0.4, -0.2) is 45.8 Å². The van der Waals surface area contributed by atoms with Crippen LogP contribution in [0, 0.1) is 5.82 Å². The zero-order valence-corrected chi connectivity index (χ0v) is 11.5. The number of β-amino-alcohol motifs (C(OH)–C–C–N with tert-alkyl or cyclic N) is 1. The maximum Gasteiger partial charge on any atom is 0.326 e. The lowest BCUT2D eigenvalue weighted by molar-refractivity contribution is -0.141. The van der Waals surface area contributed by atoms with Gasteiger partial charge in [-0.25, -0.2) is 14.0 Å². The van der Waals surface area contributed by atoms with E-state index in [1.807, 2.05) is 0 Å². The number of halogens is 1. The molecule has 1 heterocycles. The molecular weight excluding hydrogens is 279 g/mol. The molecule has 0 spiro atoms. The summed E-state index contributed by atoms with van der Waals surface area (Å²) in [4.78, 5) is 24.3. The van der Waals surface area contributed by atoms with Crippen molar-refractivity contribution >= 4 is 12.0 Å². The molecule has 1 aliphatic heterocycles. The molecule has 1 fully saturated rings. The fourth-order valence-corrected chi connectivity index (χ4v) is 2.44. The second kappa shape index (κ2) is 6.09. The van der Waals surface area contributed by atoms with E-state index >= 15 is 0 Å². The van der Waals surface area contributed by atoms with Gasteiger partial charge in [0.05, 0.1) is 12.1 Å². The van der Waals surface area contributed by atoms with Gasteiger partial charge in [-0.15, -0.1) is 0 Å². The van der Waals surface area contributed by atoms with Crippen molar-refractivity contribution in [1.82, 2.24) is 10.2 Å². The second-order valence-electron chi connectivity index (χ2n) is 5.09. The SMILES string of the molecule is CC(NC(=O)N1C[C@H](O)C[C@H]1C(=O)O)c1ccccc1F. The molecule has 0 aliphatic carbocycles. The van der Waals surface area contributed by atoms with Crippen LogP contribution in [0.2, 0.25) is 0 Å². The number of hydrogen-bond donors (Lipinski definition) is 3. The first-order valence-corrected chi connectivity index (χ1v) is 6.62. The van der Waals surface area contributed by atoms with Crippen molar-refractivity contribution in [1.29, 1.82) is 0 Å². The van der Waals surface area contributed by atoms with Crippen molar-refractivity contribution in [3.8, 4) is 0 Å². The second-order valence-corrected chi connectivity index (χ2v) is 5.09. The highest BCUT2D eigenvalue weighted by atomic mass is 19.1. The number of carbonyl (C=O) groups is 2. The molecule has 0 saturated carbocycles. The average molecular weight is 296 g/mol. The molecule has 1 aromatic carbocycles. The smallest absolute Gasteiger partial charge is 0.326 e. The number of aliphatic hydroxyl groups excluding tert-OH is 1. The predicted octanol–water partition coefficient (Wildman–Crippen LogP) is 1.12. The maximum absolute atomic E-state index is 13.6. The number of aliphatic hydroxyl groups is 1. The molecule has 1 saturated heterocycles. The Balaban J connectivity index is 2.07. The lowest BCUT2D eigenvalue weighted by atomic mass is 10.1. The third-order valence-electron chi connectivity index (χ3n) is 3.54. The van der Waals surface area contributed by atoms with Crippen LogP contribution in [0.1, 0.15) is 24.9 Å². The zero-order valence-electron chi connectivity index (χ0n) is 11.5. The number of amides is 2. The van der Waals surface area contributed by atoms with E-state index in [1.54, 1.807) is 25.1 Å². The molecule has 7 heteroatoms. The minimum atomic E-state index is -1.17. The minimum Gasteiger partial charge on any atom is -0.480 e. The van der Waals surface area contributed by atoms with Gasteiger partial charge in [-0.1, -0.05) is 18.2 Å². The molecule has 3 N–H and O–H groups in total. The first kappa shape index (κ1) is 15.2. The number of benzene rings is 1. The largest absolute Gasteiger partial charge is 0.480 e. The number of rotatable bonds is 3. The summed E-state index contributed by atoms with van der Waals surface area (Å²) >= 11 is 0. The Kier molecular flexibility index (Phi) is 4.42. The van der Waals surface area contributed by atoms with Crippen molar-refractivity contribution in [2.24, 2.45) is 0 Å². The molecule has 2 rings (SSSR count). The highest BCUT2D eigenvalue weighted by Crippen LogP contribution is 2.21. The number of likely N-dealkylation sites (tertiary alicyclic amines) is 1. The quantitative estimate of drug-likeness (QED) is 0.779. The lowest BCUT2D eigenvalue weighted by Gasteiger charge is -2.24. The van der Waals surface area contributed by atoms with Crippen LogP contribution < -0.4 is 5.32 Å². The predicted molar refractivity (Wildman–Crippen MR) is 72.1 cm³/mol. The molecule has 0 bridgehead atoms. The molecule has 6 nitrogen and oxygen atoms in total. The molecule has 114 valence electrons. The molecule has 0 aromatic heterocycles. The van der Waals surface area contributed by atoms with Gasteiger partial charge in [0.2, 0.25) is 0 Å². The number of carbonyl (C=O) groups excluding carboxylic acids is 1. The molecule has 1 aromatic rings. The summed E-state index contributed by atoms with van der Waals surface area (Å²) in [7, 11) is 0. The third-order valence-corrected chi connectivity index (χ3v) is 3.54. The number of nitrogens with zero attached hydrogens (tertiary/aromatic N) is 1. The number of carboxylic acids is 1. The van der Waals surface area contributed by atoms with Gasteiger partial charge in [-0.2, -0.15) is 0 Å². The average Bonchev–Trinajstić information content (AvgIpc) is 2.81. The van der Waals surface area contributed by atoms with Gasteiger partial charge in [-0.05, 0) is 13.0 Å². The van der Waals surface area contributed by atoms with Gasteiger partial charge in [0.15, 0.2) is 0 Å². The topological polar surface area (TPSA) is 89.9 Å². The van der Waals surface area contributed by atoms with E-state index in [9.17, 15) is 19.1 Å². The summed E-state index contributed by atoms with van der Waals surface area (Å²) in [5.74, 6) is -1.61. The zero-order chi connectivity index (χ0) is 15.6. The summed E-state index contributed by atoms with van der Waals surface area (Å²) in [6.45, 7) is 1.56. The van der Waals surface area contributed by atoms with Crippen molar-refractivity contribution in [3.63, 3.8) is 0 Å². The van der Waals surface area contributed by atoms with Gasteiger partial charge < -0.3 is 20.4 Å². The maximum atomic E-state index is 13.6. The monoisotopic (exact) mass is 296 g/mol. The Morgan fingerprint density at radius 1 is 1.43 bits per heavy atom. The van der Waals surface area contributed by atoms with Crippen LogP contribution in [0.25, 0.3) is 0 Å². The van der Waals surface area contributed by atoms with Gasteiger partial charge in [0.1, 0.15) is 11.9 Å². The van der Waals surface area contributed by atoms with E-state index in [-0.39, 0.29) is 13.0 Å². The molecule has 21 heavy (non-hydrogen) atoms. The van der Waals surface area contributed by atoms with Gasteiger partial charge >= 0.3 is 12.0 Å². The molecular formula is C14H17FN2O4. The fourth-order valence-electron chi connectivity index (χ4n) is 2.44. The highest BCUT2D eigenvalue weighted by Gasteiger charge is 2.39. The van der Waals surface area contributed by atoms with Crippen molar-refractivity contribution in [2.75, 3.05) is 6.54 Å². The number of aliphatic carboxylic acids is 1. The van der Waals surface area contributed by atoms with E-state index < -0.39 is 36.0 Å². The van der Waals surface area contributed by atoms with Crippen LogP contribution in [0.5, 0.6) is 0 Å². The Bertz CT molecular complexity index is 552. The molecule has 0 radical (unpaired) electrons. The Labute approximate surface area is 121 Å². The fraction of sp³-hybridized carbons (Fsp3) is 0.429. The third kappa shape index (κ3) is 3.30. The Hall–Kier alpha value is -2.15. The first-order chi connectivity index (χ1) is 9.90. The molecule has 2 amide bonds. The van der Waals surface area contributed by atoms with Crippen molar-refractivity contribution in [3.05, 3.63) is 35.6 Å². The van der Waals surface area contributed by atoms with Crippen molar-refractivity contribution < 1.29 is 24.2 Å². The van der Waals surface area contributed by atoms with Crippen molar-refractivity contribution in [2.45, 2.75) is 31.5 Å². The number of urea groups is 1. The summed E-state index contributed by atoms with van der Waals surface area (Å²) in [5, 5.41) is 21.1. The first-order valence-electron chi connectivity index (χ1n) is 6.62. The van der Waals surface area contributed by atoms with Crippen LogP contribution in [0.4, 0.5) is 9.18 Å². The van der Waals surface area contributed by atoms with Crippen LogP contribution >= 0.6 is 0 Å². The molecule has 3 atom stereocenters. The van der Waals surface area contributed by atoms with Gasteiger partial charge in [-0.3, -0.25) is 0 Å². The Morgan fingerprint density at radius 2 is 2.10 bits per heavy atom. The van der Waals surface area contributed by atoms with E-state index in [1.165, 1.54) is 6.07 Å². The standard InChI is InChI=1S/C14H17FN2O4/c1-8(10-4-2-3-5-11(10)15)16-14(21)17-7-9(18)6-12(17)13(19)20/h2-5,8-9,12,18H,6-7H2,1H3,(H,16,21)(H,19,20)/t8?,9-,12+/m1/s1. The summed E-state index contributed by atoms with van der Waals surface area (Å²) in [5.41, 5.74) is 0.317. The number of hydrogen-bond acceptors (Lipinski definition) is 3. The summed E-state index contributed by atoms with van der Waals surface area (Å²) < 4.78 is 13.6. The molecule has 1 unspecified atom stereocenters.